The molecule has 0 aromatic heterocycles. The fourth-order valence-corrected chi connectivity index (χ4v) is 3.06. The summed E-state index contributed by atoms with van der Waals surface area (Å²) in [5.41, 5.74) is 2.36. The van der Waals surface area contributed by atoms with Crippen molar-refractivity contribution >= 4 is 5.97 Å². The minimum Gasteiger partial charge on any atom is -0.493 e. The number of nitrogens with zero attached hydrogens (tertiary/aromatic N) is 1. The van der Waals surface area contributed by atoms with Crippen LogP contribution >= 0.6 is 0 Å². The maximum Gasteiger partial charge on any atom is 0.315 e. The van der Waals surface area contributed by atoms with E-state index < -0.39 is 0 Å². The number of ether oxygens (including phenoxy) is 2. The molecule has 0 spiro atoms. The van der Waals surface area contributed by atoms with Gasteiger partial charge in [0.1, 0.15) is 0 Å². The smallest absolute Gasteiger partial charge is 0.315 e. The summed E-state index contributed by atoms with van der Waals surface area (Å²) in [6.45, 7) is 1.69. The van der Waals surface area contributed by atoms with E-state index in [1.165, 1.54) is 5.56 Å². The first-order chi connectivity index (χ1) is 11.7. The Morgan fingerprint density at radius 2 is 1.92 bits per heavy atom. The molecule has 1 unspecified atom stereocenters. The lowest BCUT2D eigenvalue weighted by molar-refractivity contribution is -0.138. The Labute approximate surface area is 143 Å². The maximum absolute atomic E-state index is 12.3. The van der Waals surface area contributed by atoms with E-state index in [9.17, 15) is 4.79 Å². The average Bonchev–Trinajstić information content (AvgIpc) is 3.04. The molecule has 0 N–H and O–H groups in total. The number of methoxy groups -OCH3 is 1. The van der Waals surface area contributed by atoms with Gasteiger partial charge >= 0.3 is 5.97 Å². The predicted molar refractivity (Wildman–Crippen MR) is 93.5 cm³/mol. The van der Waals surface area contributed by atoms with Crippen molar-refractivity contribution < 1.29 is 14.3 Å². The van der Waals surface area contributed by atoms with Gasteiger partial charge in [-0.05, 0) is 49.7 Å². The van der Waals surface area contributed by atoms with Gasteiger partial charge in [0.2, 0.25) is 0 Å². The van der Waals surface area contributed by atoms with Crippen molar-refractivity contribution in [1.29, 1.82) is 0 Å². The largest absolute Gasteiger partial charge is 0.493 e. The summed E-state index contributed by atoms with van der Waals surface area (Å²) in [6.07, 6.45) is 1.67. The molecule has 0 saturated carbocycles. The topological polar surface area (TPSA) is 38.8 Å². The lowest BCUT2D eigenvalue weighted by Crippen LogP contribution is -2.23. The summed E-state index contributed by atoms with van der Waals surface area (Å²) in [6, 6.07) is 16.0. The third-order valence-corrected chi connectivity index (χ3v) is 4.41. The minimum atomic E-state index is -0.173. The van der Waals surface area contributed by atoms with Gasteiger partial charge in [0.25, 0.3) is 0 Å². The van der Waals surface area contributed by atoms with E-state index in [-0.39, 0.29) is 11.9 Å². The molecule has 126 valence electrons. The van der Waals surface area contributed by atoms with Crippen molar-refractivity contribution in [3.63, 3.8) is 0 Å². The first-order valence-corrected chi connectivity index (χ1v) is 8.27. The highest BCUT2D eigenvalue weighted by atomic mass is 16.6. The molecule has 1 aliphatic heterocycles. The molecule has 4 heteroatoms. The van der Waals surface area contributed by atoms with Crippen LogP contribution in [0, 0.1) is 5.92 Å². The first kappa shape index (κ1) is 16.5. The van der Waals surface area contributed by atoms with Crippen LogP contribution in [-0.2, 0) is 11.2 Å². The fourth-order valence-electron chi connectivity index (χ4n) is 3.06. The van der Waals surface area contributed by atoms with Crippen LogP contribution in [0.4, 0.5) is 0 Å². The number of carbonyl (C=O) groups excluding carboxylic acids is 1. The third kappa shape index (κ3) is 3.95. The Kier molecular flexibility index (Phi) is 5.16. The zero-order valence-electron chi connectivity index (χ0n) is 14.2. The van der Waals surface area contributed by atoms with Crippen LogP contribution in [0.5, 0.6) is 11.5 Å². The molecule has 1 heterocycles. The summed E-state index contributed by atoms with van der Waals surface area (Å²) in [5.74, 6) is 0.870. The molecular weight excluding hydrogens is 302 g/mol. The van der Waals surface area contributed by atoms with Crippen molar-refractivity contribution in [2.75, 3.05) is 27.2 Å². The van der Waals surface area contributed by atoms with Gasteiger partial charge in [-0.2, -0.15) is 0 Å². The van der Waals surface area contributed by atoms with Crippen molar-refractivity contribution in [3.8, 4) is 11.5 Å². The molecule has 2 aromatic rings. The summed E-state index contributed by atoms with van der Waals surface area (Å²) in [5, 5.41) is 0. The second-order valence-electron chi connectivity index (χ2n) is 6.32. The molecule has 0 aliphatic carbocycles. The second-order valence-corrected chi connectivity index (χ2v) is 6.32. The van der Waals surface area contributed by atoms with E-state index in [1.807, 2.05) is 43.4 Å². The molecule has 3 rings (SSSR count). The standard InChI is InChI=1S/C20H23NO3/c1-21-11-10-17(14-21)20(22)24-18-9-8-16(13-19(18)23-2)12-15-6-4-3-5-7-15/h3-9,13,17H,10-12,14H2,1-2H3. The molecule has 1 atom stereocenters. The van der Waals surface area contributed by atoms with Crippen LogP contribution in [0.1, 0.15) is 17.5 Å². The van der Waals surface area contributed by atoms with Gasteiger partial charge in [0.05, 0.1) is 13.0 Å². The highest BCUT2D eigenvalue weighted by Gasteiger charge is 2.28. The summed E-state index contributed by atoms with van der Waals surface area (Å²) in [4.78, 5) is 14.4. The van der Waals surface area contributed by atoms with Gasteiger partial charge in [-0.25, -0.2) is 0 Å². The van der Waals surface area contributed by atoms with Gasteiger partial charge in [0, 0.05) is 6.54 Å². The molecule has 4 nitrogen and oxygen atoms in total. The molecule has 0 radical (unpaired) electrons. The van der Waals surface area contributed by atoms with Crippen LogP contribution in [-0.4, -0.2) is 38.1 Å². The van der Waals surface area contributed by atoms with Crippen LogP contribution < -0.4 is 9.47 Å². The number of carbonyl (C=O) groups is 1. The Hall–Kier alpha value is -2.33. The number of rotatable bonds is 5. The van der Waals surface area contributed by atoms with Crippen molar-refractivity contribution in [1.82, 2.24) is 4.90 Å². The van der Waals surface area contributed by atoms with Crippen molar-refractivity contribution in [2.45, 2.75) is 12.8 Å². The van der Waals surface area contributed by atoms with E-state index >= 15 is 0 Å². The SMILES string of the molecule is COc1cc(Cc2ccccc2)ccc1OC(=O)C1CCN(C)C1. The number of esters is 1. The lowest BCUT2D eigenvalue weighted by atomic mass is 10.0. The second kappa shape index (κ2) is 7.49. The quantitative estimate of drug-likeness (QED) is 0.625. The highest BCUT2D eigenvalue weighted by Crippen LogP contribution is 2.30. The van der Waals surface area contributed by atoms with Crippen LogP contribution in [0.2, 0.25) is 0 Å². The number of hydrogen-bond donors (Lipinski definition) is 0. The number of benzene rings is 2. The van der Waals surface area contributed by atoms with Gasteiger partial charge in [-0.15, -0.1) is 0 Å². The molecule has 0 bridgehead atoms. The molecule has 2 aromatic carbocycles. The van der Waals surface area contributed by atoms with E-state index in [0.29, 0.717) is 11.5 Å². The van der Waals surface area contributed by atoms with E-state index in [0.717, 1.165) is 31.5 Å². The predicted octanol–water partition coefficient (Wildman–Crippen LogP) is 3.14. The van der Waals surface area contributed by atoms with Crippen LogP contribution in [0.25, 0.3) is 0 Å². The molecular formula is C20H23NO3. The third-order valence-electron chi connectivity index (χ3n) is 4.41. The lowest BCUT2D eigenvalue weighted by Gasteiger charge is -2.14. The van der Waals surface area contributed by atoms with Crippen molar-refractivity contribution in [2.24, 2.45) is 5.92 Å². The number of hydrogen-bond acceptors (Lipinski definition) is 4. The molecule has 1 aliphatic rings. The monoisotopic (exact) mass is 325 g/mol. The van der Waals surface area contributed by atoms with Gasteiger partial charge in [-0.3, -0.25) is 4.79 Å². The fraction of sp³-hybridized carbons (Fsp3) is 0.350. The first-order valence-electron chi connectivity index (χ1n) is 8.27. The van der Waals surface area contributed by atoms with E-state index in [1.54, 1.807) is 7.11 Å². The zero-order valence-corrected chi connectivity index (χ0v) is 14.2. The average molecular weight is 325 g/mol. The highest BCUT2D eigenvalue weighted by molar-refractivity contribution is 5.76. The minimum absolute atomic E-state index is 0.0521. The molecule has 1 saturated heterocycles. The Morgan fingerprint density at radius 1 is 1.12 bits per heavy atom. The summed E-state index contributed by atoms with van der Waals surface area (Å²) < 4.78 is 11.0. The van der Waals surface area contributed by atoms with E-state index in [2.05, 4.69) is 17.0 Å². The normalized spacial score (nSPS) is 17.7. The molecule has 24 heavy (non-hydrogen) atoms. The zero-order chi connectivity index (χ0) is 16.9. The molecule has 0 amide bonds. The maximum atomic E-state index is 12.3. The molecule has 1 fully saturated rings. The summed E-state index contributed by atoms with van der Waals surface area (Å²) >= 11 is 0. The summed E-state index contributed by atoms with van der Waals surface area (Å²) in [7, 11) is 3.62. The Morgan fingerprint density at radius 3 is 2.58 bits per heavy atom. The van der Waals surface area contributed by atoms with Gasteiger partial charge in [-0.1, -0.05) is 36.4 Å². The van der Waals surface area contributed by atoms with Gasteiger partial charge in [0.15, 0.2) is 11.5 Å². The number of likely N-dealkylation sites (tertiary alicyclic amines) is 1. The van der Waals surface area contributed by atoms with Crippen LogP contribution in [0.15, 0.2) is 48.5 Å². The van der Waals surface area contributed by atoms with Gasteiger partial charge < -0.3 is 14.4 Å². The Bertz CT molecular complexity index is 699. The Balaban J connectivity index is 1.71. The van der Waals surface area contributed by atoms with E-state index in [4.69, 9.17) is 9.47 Å². The van der Waals surface area contributed by atoms with Crippen molar-refractivity contribution in [3.05, 3.63) is 59.7 Å². The van der Waals surface area contributed by atoms with Crippen LogP contribution in [0.3, 0.4) is 0 Å².